The average Bonchev–Trinajstić information content (AvgIpc) is 2.31. The first kappa shape index (κ1) is 12.9. The van der Waals surface area contributed by atoms with Gasteiger partial charge in [0.05, 0.1) is 11.2 Å². The van der Waals surface area contributed by atoms with E-state index in [2.05, 4.69) is 15.3 Å². The van der Waals surface area contributed by atoms with Crippen molar-refractivity contribution in [1.82, 2.24) is 14.9 Å². The maximum Gasteiger partial charge on any atom is 0.293 e. The third-order valence-corrected chi connectivity index (χ3v) is 2.84. The molecular formula is C10H6Cl2N4OS. The summed E-state index contributed by atoms with van der Waals surface area (Å²) in [4.78, 5) is 11.4. The van der Waals surface area contributed by atoms with Crippen molar-refractivity contribution >= 4 is 41.6 Å². The van der Waals surface area contributed by atoms with Gasteiger partial charge in [-0.05, 0) is 24.4 Å². The molecule has 0 aliphatic carbocycles. The summed E-state index contributed by atoms with van der Waals surface area (Å²) in [5, 5.41) is 10.9. The summed E-state index contributed by atoms with van der Waals surface area (Å²) < 4.78 is 1.11. The van der Waals surface area contributed by atoms with Crippen molar-refractivity contribution in [3.63, 3.8) is 0 Å². The normalized spacial score (nSPS) is 11.0. The molecule has 18 heavy (non-hydrogen) atoms. The first-order chi connectivity index (χ1) is 8.58. The summed E-state index contributed by atoms with van der Waals surface area (Å²) in [6, 6.07) is 4.94. The van der Waals surface area contributed by atoms with Gasteiger partial charge in [-0.3, -0.25) is 9.89 Å². The van der Waals surface area contributed by atoms with Gasteiger partial charge in [-0.15, -0.1) is 0 Å². The predicted molar refractivity (Wildman–Crippen MR) is 73.1 cm³/mol. The van der Waals surface area contributed by atoms with Crippen LogP contribution in [0.4, 0.5) is 0 Å². The van der Waals surface area contributed by atoms with Crippen LogP contribution in [0.1, 0.15) is 5.56 Å². The lowest BCUT2D eigenvalue weighted by molar-refractivity contribution is 0.738. The molecular weight excluding hydrogens is 295 g/mol. The predicted octanol–water partition coefficient (Wildman–Crippen LogP) is 2.49. The number of benzene rings is 1. The summed E-state index contributed by atoms with van der Waals surface area (Å²) >= 11 is 16.6. The van der Waals surface area contributed by atoms with Crippen molar-refractivity contribution in [3.05, 3.63) is 55.1 Å². The molecule has 0 spiro atoms. The third-order valence-electron chi connectivity index (χ3n) is 2.01. The Labute approximate surface area is 117 Å². The summed E-state index contributed by atoms with van der Waals surface area (Å²) in [6.07, 6.45) is 2.50. The van der Waals surface area contributed by atoms with Gasteiger partial charge < -0.3 is 0 Å². The molecule has 0 aliphatic rings. The zero-order chi connectivity index (χ0) is 13.1. The number of rotatable bonds is 2. The highest BCUT2D eigenvalue weighted by atomic mass is 35.5. The second kappa shape index (κ2) is 5.43. The van der Waals surface area contributed by atoms with E-state index in [1.54, 1.807) is 18.2 Å². The summed E-state index contributed by atoms with van der Waals surface area (Å²) in [7, 11) is 0. The van der Waals surface area contributed by atoms with Crippen LogP contribution >= 0.6 is 35.4 Å². The van der Waals surface area contributed by atoms with E-state index >= 15 is 0 Å². The number of hydrogen-bond donors (Lipinski definition) is 1. The largest absolute Gasteiger partial charge is 0.293 e. The van der Waals surface area contributed by atoms with Crippen LogP contribution in [0.5, 0.6) is 0 Å². The Morgan fingerprint density at radius 1 is 1.44 bits per heavy atom. The maximum absolute atomic E-state index is 11.4. The molecule has 0 aliphatic heterocycles. The highest BCUT2D eigenvalue weighted by molar-refractivity contribution is 7.71. The monoisotopic (exact) mass is 300 g/mol. The minimum atomic E-state index is -0.430. The summed E-state index contributed by atoms with van der Waals surface area (Å²) in [5.74, 6) is 0. The molecule has 1 aromatic heterocycles. The molecule has 0 amide bonds. The molecule has 5 nitrogen and oxygen atoms in total. The second-order valence-electron chi connectivity index (χ2n) is 3.24. The minimum absolute atomic E-state index is 0.101. The number of nitrogens with one attached hydrogen (secondary N) is 1. The highest BCUT2D eigenvalue weighted by Crippen LogP contribution is 2.19. The first-order valence-corrected chi connectivity index (χ1v) is 5.90. The van der Waals surface area contributed by atoms with Crippen molar-refractivity contribution in [3.8, 4) is 0 Å². The minimum Gasteiger partial charge on any atom is -0.265 e. The van der Waals surface area contributed by atoms with Crippen LogP contribution in [0.3, 0.4) is 0 Å². The van der Waals surface area contributed by atoms with Crippen LogP contribution in [0, 0.1) is 4.77 Å². The van der Waals surface area contributed by atoms with Crippen LogP contribution in [0.25, 0.3) is 0 Å². The first-order valence-electron chi connectivity index (χ1n) is 4.74. The summed E-state index contributed by atoms with van der Waals surface area (Å²) in [5.41, 5.74) is 0.194. The van der Waals surface area contributed by atoms with Crippen molar-refractivity contribution in [2.24, 2.45) is 5.10 Å². The Morgan fingerprint density at radius 3 is 2.89 bits per heavy atom. The van der Waals surface area contributed by atoms with Gasteiger partial charge in [0.15, 0.2) is 0 Å². The highest BCUT2D eigenvalue weighted by Gasteiger charge is 1.99. The molecule has 2 aromatic rings. The van der Waals surface area contributed by atoms with E-state index in [-0.39, 0.29) is 4.77 Å². The van der Waals surface area contributed by atoms with Crippen LogP contribution in [0.15, 0.2) is 34.3 Å². The second-order valence-corrected chi connectivity index (χ2v) is 4.47. The number of aromatic amines is 1. The lowest BCUT2D eigenvalue weighted by atomic mass is 10.2. The third kappa shape index (κ3) is 2.84. The number of hydrogen-bond acceptors (Lipinski definition) is 4. The van der Waals surface area contributed by atoms with Crippen molar-refractivity contribution in [2.45, 2.75) is 0 Å². The Balaban J connectivity index is 2.42. The molecule has 1 N–H and O–H groups in total. The van der Waals surface area contributed by atoms with Gasteiger partial charge in [0, 0.05) is 10.6 Å². The number of nitrogens with zero attached hydrogens (tertiary/aromatic N) is 3. The molecule has 0 atom stereocenters. The van der Waals surface area contributed by atoms with E-state index < -0.39 is 5.56 Å². The van der Waals surface area contributed by atoms with Crippen LogP contribution in [0.2, 0.25) is 10.0 Å². The molecule has 8 heteroatoms. The fourth-order valence-electron chi connectivity index (χ4n) is 1.18. The molecule has 1 heterocycles. The SMILES string of the molecule is O=c1cn[nH]c(=S)n1/N=C\c1ccc(Cl)cc1Cl. The molecule has 1 aromatic carbocycles. The van der Waals surface area contributed by atoms with E-state index in [1.165, 1.54) is 6.21 Å². The zero-order valence-electron chi connectivity index (χ0n) is 8.80. The Bertz CT molecular complexity index is 694. The standard InChI is InChI=1S/C10H6Cl2N4OS/c11-7-2-1-6(8(12)3-7)4-14-16-9(17)5-13-15-10(16)18/h1-5H,(H,15,18)/b14-4-. The van der Waals surface area contributed by atoms with Crippen LogP contribution < -0.4 is 5.56 Å². The molecule has 0 unspecified atom stereocenters. The Morgan fingerprint density at radius 2 is 2.22 bits per heavy atom. The average molecular weight is 301 g/mol. The molecule has 0 saturated heterocycles. The molecule has 0 radical (unpaired) electrons. The van der Waals surface area contributed by atoms with Crippen LogP contribution in [-0.4, -0.2) is 21.1 Å². The maximum atomic E-state index is 11.4. The fourth-order valence-corrected chi connectivity index (χ4v) is 1.83. The molecule has 0 bridgehead atoms. The molecule has 2 rings (SSSR count). The van der Waals surface area contributed by atoms with E-state index in [0.717, 1.165) is 10.9 Å². The summed E-state index contributed by atoms with van der Waals surface area (Å²) in [6.45, 7) is 0. The lowest BCUT2D eigenvalue weighted by Gasteiger charge is -1.99. The van der Waals surface area contributed by atoms with E-state index in [9.17, 15) is 4.79 Å². The zero-order valence-corrected chi connectivity index (χ0v) is 11.1. The van der Waals surface area contributed by atoms with Gasteiger partial charge in [0.1, 0.15) is 6.20 Å². The number of H-pyrrole nitrogens is 1. The van der Waals surface area contributed by atoms with Crippen molar-refractivity contribution in [2.75, 3.05) is 0 Å². The van der Waals surface area contributed by atoms with E-state index in [4.69, 9.17) is 35.4 Å². The number of halogens is 2. The van der Waals surface area contributed by atoms with E-state index in [0.29, 0.717) is 15.6 Å². The fraction of sp³-hybridized carbons (Fsp3) is 0. The topological polar surface area (TPSA) is 63.0 Å². The Kier molecular flexibility index (Phi) is 3.90. The van der Waals surface area contributed by atoms with Crippen molar-refractivity contribution < 1.29 is 0 Å². The number of aromatic nitrogens is 3. The Hall–Kier alpha value is -1.50. The van der Waals surface area contributed by atoms with Crippen LogP contribution in [-0.2, 0) is 0 Å². The van der Waals surface area contributed by atoms with Crippen molar-refractivity contribution in [1.29, 1.82) is 0 Å². The van der Waals surface area contributed by atoms with Gasteiger partial charge in [-0.25, -0.2) is 0 Å². The van der Waals surface area contributed by atoms with Gasteiger partial charge in [-0.1, -0.05) is 29.3 Å². The molecule has 92 valence electrons. The van der Waals surface area contributed by atoms with Gasteiger partial charge in [-0.2, -0.15) is 14.9 Å². The van der Waals surface area contributed by atoms with Gasteiger partial charge >= 0.3 is 0 Å². The lowest BCUT2D eigenvalue weighted by Crippen LogP contribution is -2.18. The van der Waals surface area contributed by atoms with Gasteiger partial charge in [0.2, 0.25) is 4.77 Å². The van der Waals surface area contributed by atoms with E-state index in [1.807, 2.05) is 0 Å². The molecule has 0 saturated carbocycles. The quantitative estimate of drug-likeness (QED) is 0.684. The van der Waals surface area contributed by atoms with Gasteiger partial charge in [0.25, 0.3) is 5.56 Å². The smallest absolute Gasteiger partial charge is 0.265 e. The molecule has 0 fully saturated rings.